The quantitative estimate of drug-likeness (QED) is 0.468. The van der Waals surface area contributed by atoms with E-state index in [2.05, 4.69) is 4.18 Å². The Morgan fingerprint density at radius 1 is 1.43 bits per heavy atom. The van der Waals surface area contributed by atoms with E-state index in [4.69, 9.17) is 15.4 Å². The third-order valence-corrected chi connectivity index (χ3v) is 1.50. The standard InChI is InChI=1S/C6H7NO.CH4O4S/c7-5-2-1-3-6(8)4-5;1-5-6(2,3)4/h1-4,8H,7H2;1H3,(H,2,3,4). The second-order valence-corrected chi connectivity index (χ2v) is 3.38. The van der Waals surface area contributed by atoms with E-state index in [1.54, 1.807) is 18.2 Å². The number of anilines is 1. The van der Waals surface area contributed by atoms with Crippen molar-refractivity contribution in [2.24, 2.45) is 0 Å². The first-order chi connectivity index (χ1) is 6.35. The molecule has 0 radical (unpaired) electrons. The number of phenols is 1. The molecule has 0 bridgehead atoms. The molecule has 1 rings (SSSR count). The van der Waals surface area contributed by atoms with Crippen LogP contribution in [-0.4, -0.2) is 25.2 Å². The summed E-state index contributed by atoms with van der Waals surface area (Å²) in [5.41, 5.74) is 5.89. The molecule has 0 aromatic heterocycles. The molecular formula is C7H11NO5S. The summed E-state index contributed by atoms with van der Waals surface area (Å²) in [6, 6.07) is 6.50. The molecule has 0 fully saturated rings. The van der Waals surface area contributed by atoms with Crippen LogP contribution < -0.4 is 5.73 Å². The Bertz CT molecular complexity index is 358. The lowest BCUT2D eigenvalue weighted by Gasteiger charge is -1.90. The monoisotopic (exact) mass is 221 g/mol. The van der Waals surface area contributed by atoms with E-state index < -0.39 is 10.4 Å². The zero-order valence-corrected chi connectivity index (χ0v) is 8.23. The Hall–Kier alpha value is -1.31. The van der Waals surface area contributed by atoms with Crippen LogP contribution in [-0.2, 0) is 14.6 Å². The SMILES string of the molecule is COS(=O)(=O)O.Nc1cccc(O)c1. The van der Waals surface area contributed by atoms with Crippen LogP contribution in [0, 0.1) is 0 Å². The van der Waals surface area contributed by atoms with Gasteiger partial charge in [0, 0.05) is 11.8 Å². The van der Waals surface area contributed by atoms with Gasteiger partial charge in [-0.05, 0) is 12.1 Å². The van der Waals surface area contributed by atoms with Crippen molar-refractivity contribution in [2.75, 3.05) is 12.8 Å². The average molecular weight is 221 g/mol. The van der Waals surface area contributed by atoms with Crippen molar-refractivity contribution in [1.82, 2.24) is 0 Å². The number of nitrogen functional groups attached to an aromatic ring is 1. The highest BCUT2D eigenvalue weighted by Crippen LogP contribution is 2.10. The van der Waals surface area contributed by atoms with E-state index in [-0.39, 0.29) is 5.75 Å². The van der Waals surface area contributed by atoms with Crippen LogP contribution in [0.4, 0.5) is 5.69 Å². The fourth-order valence-electron chi connectivity index (χ4n) is 0.525. The smallest absolute Gasteiger partial charge is 0.397 e. The summed E-state index contributed by atoms with van der Waals surface area (Å²) in [6.07, 6.45) is 0. The molecular weight excluding hydrogens is 210 g/mol. The summed E-state index contributed by atoms with van der Waals surface area (Å²) >= 11 is 0. The molecule has 1 aromatic carbocycles. The van der Waals surface area contributed by atoms with Gasteiger partial charge < -0.3 is 10.8 Å². The van der Waals surface area contributed by atoms with E-state index in [0.29, 0.717) is 5.69 Å². The maximum Gasteiger partial charge on any atom is 0.397 e. The van der Waals surface area contributed by atoms with Gasteiger partial charge in [0.15, 0.2) is 0 Å². The highest BCUT2D eigenvalue weighted by Gasteiger charge is 1.94. The first-order valence-electron chi connectivity index (χ1n) is 3.42. The summed E-state index contributed by atoms with van der Waals surface area (Å²) < 4.78 is 29.7. The van der Waals surface area contributed by atoms with E-state index in [0.717, 1.165) is 7.11 Å². The van der Waals surface area contributed by atoms with Gasteiger partial charge in [-0.2, -0.15) is 8.42 Å². The molecule has 0 amide bonds. The molecule has 6 nitrogen and oxygen atoms in total. The number of aromatic hydroxyl groups is 1. The van der Waals surface area contributed by atoms with E-state index in [9.17, 15) is 8.42 Å². The second kappa shape index (κ2) is 5.43. The lowest BCUT2D eigenvalue weighted by atomic mass is 10.3. The van der Waals surface area contributed by atoms with Crippen LogP contribution in [0.1, 0.15) is 0 Å². The van der Waals surface area contributed by atoms with Gasteiger partial charge in [-0.1, -0.05) is 6.07 Å². The van der Waals surface area contributed by atoms with Crippen molar-refractivity contribution in [1.29, 1.82) is 0 Å². The van der Waals surface area contributed by atoms with Gasteiger partial charge in [0.1, 0.15) is 5.75 Å². The number of hydrogen-bond donors (Lipinski definition) is 3. The van der Waals surface area contributed by atoms with Crippen molar-refractivity contribution in [3.8, 4) is 5.75 Å². The fourth-order valence-corrected chi connectivity index (χ4v) is 0.525. The largest absolute Gasteiger partial charge is 0.508 e. The number of benzene rings is 1. The highest BCUT2D eigenvalue weighted by molar-refractivity contribution is 7.80. The molecule has 1 aromatic rings. The predicted molar refractivity (Wildman–Crippen MR) is 51.1 cm³/mol. The third kappa shape index (κ3) is 7.35. The van der Waals surface area contributed by atoms with Gasteiger partial charge in [0.25, 0.3) is 0 Å². The van der Waals surface area contributed by atoms with Crippen LogP contribution in [0.2, 0.25) is 0 Å². The zero-order chi connectivity index (χ0) is 11.2. The Labute approximate surface area is 81.9 Å². The van der Waals surface area contributed by atoms with E-state index in [1.807, 2.05) is 0 Å². The normalized spacial score (nSPS) is 10.1. The first-order valence-corrected chi connectivity index (χ1v) is 4.79. The summed E-state index contributed by atoms with van der Waals surface area (Å²) in [6.45, 7) is 0. The topological polar surface area (TPSA) is 110 Å². The fraction of sp³-hybridized carbons (Fsp3) is 0.143. The summed E-state index contributed by atoms with van der Waals surface area (Å²) in [4.78, 5) is 0. The summed E-state index contributed by atoms with van der Waals surface area (Å²) in [5, 5.41) is 8.73. The lowest BCUT2D eigenvalue weighted by molar-refractivity contribution is 0.324. The van der Waals surface area contributed by atoms with Crippen molar-refractivity contribution in [3.63, 3.8) is 0 Å². The molecule has 4 N–H and O–H groups in total. The predicted octanol–water partition coefficient (Wildman–Crippen LogP) is 0.410. The average Bonchev–Trinajstić information content (AvgIpc) is 2.03. The minimum atomic E-state index is -4.16. The number of hydrogen-bond acceptors (Lipinski definition) is 5. The van der Waals surface area contributed by atoms with Gasteiger partial charge in [-0.3, -0.25) is 8.74 Å². The zero-order valence-electron chi connectivity index (χ0n) is 7.41. The van der Waals surface area contributed by atoms with Crippen molar-refractivity contribution in [2.45, 2.75) is 0 Å². The van der Waals surface area contributed by atoms with E-state index in [1.165, 1.54) is 6.07 Å². The molecule has 0 heterocycles. The Morgan fingerprint density at radius 3 is 2.14 bits per heavy atom. The Balaban J connectivity index is 0.000000255. The van der Waals surface area contributed by atoms with Gasteiger partial charge in [-0.25, -0.2) is 0 Å². The van der Waals surface area contributed by atoms with Crippen LogP contribution in [0.3, 0.4) is 0 Å². The van der Waals surface area contributed by atoms with Crippen LogP contribution in [0.15, 0.2) is 24.3 Å². The van der Waals surface area contributed by atoms with Crippen molar-refractivity contribution in [3.05, 3.63) is 24.3 Å². The van der Waals surface area contributed by atoms with Crippen LogP contribution in [0.25, 0.3) is 0 Å². The molecule has 7 heteroatoms. The maximum absolute atomic E-state index is 9.33. The molecule has 0 aliphatic carbocycles. The van der Waals surface area contributed by atoms with Crippen LogP contribution in [0.5, 0.6) is 5.75 Å². The van der Waals surface area contributed by atoms with Crippen molar-refractivity contribution < 1.29 is 22.3 Å². The van der Waals surface area contributed by atoms with Gasteiger partial charge in [0.2, 0.25) is 0 Å². The Kier molecular flexibility index (Phi) is 4.92. The Morgan fingerprint density at radius 2 is 1.93 bits per heavy atom. The molecule has 80 valence electrons. The molecule has 0 saturated carbocycles. The lowest BCUT2D eigenvalue weighted by Crippen LogP contribution is -1.96. The van der Waals surface area contributed by atoms with Crippen molar-refractivity contribution >= 4 is 16.1 Å². The molecule has 0 atom stereocenters. The van der Waals surface area contributed by atoms with Gasteiger partial charge in [-0.15, -0.1) is 0 Å². The molecule has 0 spiro atoms. The third-order valence-electron chi connectivity index (χ3n) is 1.08. The van der Waals surface area contributed by atoms with E-state index >= 15 is 0 Å². The number of rotatable bonds is 1. The summed E-state index contributed by atoms with van der Waals surface area (Å²) in [7, 11) is -3.29. The minimum absolute atomic E-state index is 0.213. The maximum atomic E-state index is 9.33. The molecule has 0 aliphatic heterocycles. The highest BCUT2D eigenvalue weighted by atomic mass is 32.3. The minimum Gasteiger partial charge on any atom is -0.508 e. The van der Waals surface area contributed by atoms with Gasteiger partial charge in [0.05, 0.1) is 7.11 Å². The second-order valence-electron chi connectivity index (χ2n) is 2.19. The molecule has 0 unspecified atom stereocenters. The first kappa shape index (κ1) is 12.7. The molecule has 0 aliphatic rings. The number of nitrogens with two attached hydrogens (primary N) is 1. The van der Waals surface area contributed by atoms with Gasteiger partial charge >= 0.3 is 10.4 Å². The summed E-state index contributed by atoms with van der Waals surface area (Å²) in [5.74, 6) is 0.213. The molecule has 14 heavy (non-hydrogen) atoms. The number of phenolic OH excluding ortho intramolecular Hbond substituents is 1. The van der Waals surface area contributed by atoms with Crippen LogP contribution >= 0.6 is 0 Å². The molecule has 0 saturated heterocycles.